The first-order chi connectivity index (χ1) is 9.65. The molecule has 0 saturated carbocycles. The van der Waals surface area contributed by atoms with Crippen LogP contribution in [0.5, 0.6) is 11.5 Å². The predicted octanol–water partition coefficient (Wildman–Crippen LogP) is 3.87. The number of Topliss-reactive ketones (excluding diaryl/α,β-unsaturated/α-hetero) is 1. The van der Waals surface area contributed by atoms with Gasteiger partial charge in [0.05, 0.1) is 14.2 Å². The fourth-order valence-electron chi connectivity index (χ4n) is 1.83. The van der Waals surface area contributed by atoms with Crippen LogP contribution in [0.25, 0.3) is 0 Å². The highest BCUT2D eigenvalue weighted by Gasteiger charge is 2.19. The van der Waals surface area contributed by atoms with Crippen molar-refractivity contribution in [2.45, 2.75) is 5.38 Å². The van der Waals surface area contributed by atoms with Crippen LogP contribution in [0.4, 0.5) is 0 Å². The predicted molar refractivity (Wildman–Crippen MR) is 78.9 cm³/mol. The number of carbonyl (C=O) groups excluding carboxylic acids is 1. The van der Waals surface area contributed by atoms with Gasteiger partial charge in [-0.1, -0.05) is 12.1 Å². The van der Waals surface area contributed by atoms with E-state index in [4.69, 9.17) is 21.1 Å². The summed E-state index contributed by atoms with van der Waals surface area (Å²) in [5.74, 6) is 1.30. The Kier molecular flexibility index (Phi) is 4.64. The zero-order valence-corrected chi connectivity index (χ0v) is 12.1. The van der Waals surface area contributed by atoms with Crippen LogP contribution in [0.15, 0.2) is 48.5 Å². The summed E-state index contributed by atoms with van der Waals surface area (Å²) in [7, 11) is 3.17. The number of halogens is 1. The molecule has 0 aliphatic carbocycles. The zero-order valence-electron chi connectivity index (χ0n) is 11.3. The summed E-state index contributed by atoms with van der Waals surface area (Å²) in [4.78, 5) is 12.3. The van der Waals surface area contributed by atoms with Gasteiger partial charge in [-0.2, -0.15) is 0 Å². The molecule has 0 fully saturated rings. The normalized spacial score (nSPS) is 11.8. The molecule has 0 heterocycles. The monoisotopic (exact) mass is 290 g/mol. The van der Waals surface area contributed by atoms with E-state index in [1.54, 1.807) is 62.8 Å². The Morgan fingerprint density at radius 2 is 1.35 bits per heavy atom. The lowest BCUT2D eigenvalue weighted by molar-refractivity contribution is 0.0987. The fraction of sp³-hybridized carbons (Fsp3) is 0.188. The maximum absolute atomic E-state index is 12.3. The average Bonchev–Trinajstić information content (AvgIpc) is 2.53. The van der Waals surface area contributed by atoms with Gasteiger partial charge in [-0.15, -0.1) is 11.6 Å². The van der Waals surface area contributed by atoms with E-state index >= 15 is 0 Å². The molecule has 4 heteroatoms. The Morgan fingerprint density at radius 1 is 0.900 bits per heavy atom. The highest BCUT2D eigenvalue weighted by molar-refractivity contribution is 6.33. The van der Waals surface area contributed by atoms with Crippen molar-refractivity contribution in [3.05, 3.63) is 59.7 Å². The highest BCUT2D eigenvalue weighted by Crippen LogP contribution is 2.27. The molecule has 0 saturated heterocycles. The Labute approximate surface area is 123 Å². The minimum atomic E-state index is -0.714. The van der Waals surface area contributed by atoms with Gasteiger partial charge in [0.2, 0.25) is 0 Å². The number of ketones is 1. The molecule has 0 N–H and O–H groups in total. The maximum Gasteiger partial charge on any atom is 0.185 e. The van der Waals surface area contributed by atoms with Crippen molar-refractivity contribution in [2.75, 3.05) is 14.2 Å². The van der Waals surface area contributed by atoms with E-state index in [-0.39, 0.29) is 5.78 Å². The molecular weight excluding hydrogens is 276 g/mol. The van der Waals surface area contributed by atoms with E-state index in [2.05, 4.69) is 0 Å². The molecule has 0 unspecified atom stereocenters. The van der Waals surface area contributed by atoms with Crippen LogP contribution in [-0.4, -0.2) is 20.0 Å². The lowest BCUT2D eigenvalue weighted by atomic mass is 10.0. The summed E-state index contributed by atoms with van der Waals surface area (Å²) < 4.78 is 10.1. The molecule has 3 nitrogen and oxygen atoms in total. The smallest absolute Gasteiger partial charge is 0.185 e. The quantitative estimate of drug-likeness (QED) is 0.619. The number of hydrogen-bond donors (Lipinski definition) is 0. The first kappa shape index (κ1) is 14.4. The first-order valence-electron chi connectivity index (χ1n) is 6.12. The molecule has 104 valence electrons. The average molecular weight is 291 g/mol. The molecule has 0 aromatic heterocycles. The van der Waals surface area contributed by atoms with Crippen LogP contribution >= 0.6 is 11.6 Å². The van der Waals surface area contributed by atoms with Crippen LogP contribution < -0.4 is 9.47 Å². The summed E-state index contributed by atoms with van der Waals surface area (Å²) in [6.07, 6.45) is 0. The van der Waals surface area contributed by atoms with Gasteiger partial charge in [-0.25, -0.2) is 0 Å². The number of ether oxygens (including phenoxy) is 2. The van der Waals surface area contributed by atoms with Crippen molar-refractivity contribution in [2.24, 2.45) is 0 Å². The Morgan fingerprint density at radius 3 is 1.80 bits per heavy atom. The van der Waals surface area contributed by atoms with E-state index in [9.17, 15) is 4.79 Å². The van der Waals surface area contributed by atoms with E-state index in [1.165, 1.54) is 0 Å². The number of benzene rings is 2. The van der Waals surface area contributed by atoms with Crippen molar-refractivity contribution in [1.29, 1.82) is 0 Å². The van der Waals surface area contributed by atoms with Crippen LogP contribution in [-0.2, 0) is 0 Å². The standard InChI is InChI=1S/C16H15ClO3/c1-19-13-7-3-11(4-8-13)15(17)16(18)12-5-9-14(20-2)10-6-12/h3-10,15H,1-2H3/t15-/m1/s1. The third kappa shape index (κ3) is 3.11. The number of carbonyl (C=O) groups is 1. The maximum atomic E-state index is 12.3. The van der Waals surface area contributed by atoms with E-state index < -0.39 is 5.38 Å². The number of hydrogen-bond acceptors (Lipinski definition) is 3. The van der Waals surface area contributed by atoms with E-state index in [0.29, 0.717) is 11.3 Å². The van der Waals surface area contributed by atoms with Gasteiger partial charge in [0.25, 0.3) is 0 Å². The summed E-state index contributed by atoms with van der Waals surface area (Å²) in [6.45, 7) is 0. The van der Waals surface area contributed by atoms with Crippen molar-refractivity contribution < 1.29 is 14.3 Å². The van der Waals surface area contributed by atoms with Crippen molar-refractivity contribution in [1.82, 2.24) is 0 Å². The van der Waals surface area contributed by atoms with E-state index in [1.807, 2.05) is 0 Å². The molecule has 1 atom stereocenters. The summed E-state index contributed by atoms with van der Waals surface area (Å²) >= 11 is 6.24. The summed E-state index contributed by atoms with van der Waals surface area (Å²) in [6, 6.07) is 14.0. The third-order valence-electron chi connectivity index (χ3n) is 3.01. The minimum Gasteiger partial charge on any atom is -0.497 e. The second-order valence-corrected chi connectivity index (χ2v) is 4.66. The SMILES string of the molecule is COc1ccc(C(=O)[C@H](Cl)c2ccc(OC)cc2)cc1. The molecule has 0 spiro atoms. The second kappa shape index (κ2) is 6.44. The Balaban J connectivity index is 2.17. The first-order valence-corrected chi connectivity index (χ1v) is 6.55. The van der Waals surface area contributed by atoms with Crippen LogP contribution in [0.3, 0.4) is 0 Å². The molecular formula is C16H15ClO3. The van der Waals surface area contributed by atoms with Gasteiger partial charge in [0.1, 0.15) is 16.9 Å². The van der Waals surface area contributed by atoms with E-state index in [0.717, 1.165) is 11.3 Å². The van der Waals surface area contributed by atoms with Crippen molar-refractivity contribution >= 4 is 17.4 Å². The summed E-state index contributed by atoms with van der Waals surface area (Å²) in [5.41, 5.74) is 1.30. The van der Waals surface area contributed by atoms with Crippen LogP contribution in [0.2, 0.25) is 0 Å². The zero-order chi connectivity index (χ0) is 14.5. The van der Waals surface area contributed by atoms with Gasteiger partial charge in [-0.05, 0) is 42.0 Å². The lowest BCUT2D eigenvalue weighted by Crippen LogP contribution is -2.07. The molecule has 2 aromatic carbocycles. The van der Waals surface area contributed by atoms with Crippen molar-refractivity contribution in [3.63, 3.8) is 0 Å². The van der Waals surface area contributed by atoms with Crippen LogP contribution in [0, 0.1) is 0 Å². The fourth-order valence-corrected chi connectivity index (χ4v) is 2.10. The molecule has 0 bridgehead atoms. The molecule has 2 rings (SSSR count). The number of rotatable bonds is 5. The molecule has 0 amide bonds. The topological polar surface area (TPSA) is 35.5 Å². The summed E-state index contributed by atoms with van der Waals surface area (Å²) in [5, 5.41) is -0.714. The Hall–Kier alpha value is -2.00. The lowest BCUT2D eigenvalue weighted by Gasteiger charge is -2.10. The van der Waals surface area contributed by atoms with Gasteiger partial charge in [-0.3, -0.25) is 4.79 Å². The molecule has 0 radical (unpaired) electrons. The Bertz CT molecular complexity index is 576. The largest absolute Gasteiger partial charge is 0.497 e. The minimum absolute atomic E-state index is 0.139. The molecule has 0 aliphatic heterocycles. The number of alkyl halides is 1. The van der Waals surface area contributed by atoms with Gasteiger partial charge in [0, 0.05) is 5.56 Å². The van der Waals surface area contributed by atoms with Gasteiger partial charge in [0.15, 0.2) is 5.78 Å². The van der Waals surface area contributed by atoms with Gasteiger partial charge >= 0.3 is 0 Å². The van der Waals surface area contributed by atoms with Gasteiger partial charge < -0.3 is 9.47 Å². The van der Waals surface area contributed by atoms with Crippen LogP contribution in [0.1, 0.15) is 21.3 Å². The molecule has 2 aromatic rings. The molecule has 20 heavy (non-hydrogen) atoms. The third-order valence-corrected chi connectivity index (χ3v) is 3.46. The molecule has 0 aliphatic rings. The number of methoxy groups -OCH3 is 2. The second-order valence-electron chi connectivity index (χ2n) is 4.23. The highest BCUT2D eigenvalue weighted by atomic mass is 35.5. The van der Waals surface area contributed by atoms with Crippen molar-refractivity contribution in [3.8, 4) is 11.5 Å².